The first-order valence-corrected chi connectivity index (χ1v) is 8.76. The number of carbonyl (C=O) groups excluding carboxylic acids is 1. The number of non-ortho nitro benzene ring substituents is 1. The molecule has 1 atom stereocenters. The highest BCUT2D eigenvalue weighted by atomic mass is 35.5. The van der Waals surface area contributed by atoms with Crippen molar-refractivity contribution < 1.29 is 9.72 Å². The number of hydrogen-bond donors (Lipinski definition) is 1. The van der Waals surface area contributed by atoms with Crippen LogP contribution in [-0.4, -0.2) is 16.9 Å². The smallest absolute Gasteiger partial charge is 0.270 e. The van der Waals surface area contributed by atoms with E-state index in [2.05, 4.69) is 5.32 Å². The van der Waals surface area contributed by atoms with Gasteiger partial charge in [0.2, 0.25) is 5.91 Å². The summed E-state index contributed by atoms with van der Waals surface area (Å²) in [6, 6.07) is 14.0. The summed E-state index contributed by atoms with van der Waals surface area (Å²) in [4.78, 5) is 23.6. The molecule has 124 valence electrons. The first-order valence-electron chi connectivity index (χ1n) is 7.50. The van der Waals surface area contributed by atoms with Crippen LogP contribution in [0.4, 0.5) is 5.69 Å². The van der Waals surface area contributed by atoms with Gasteiger partial charge in [0.15, 0.2) is 0 Å². The standard InChI is InChI=1S/C17H15ClN2O3S/c18-14-10-13(20(22)23)8-9-15(14)24-16(11-4-2-1-3-5-11)17(21)19-12-6-7-12/h1-5,8-10,12,16H,6-7H2,(H,19,21)/t16-/m1/s1. The lowest BCUT2D eigenvalue weighted by atomic mass is 10.1. The molecule has 0 aromatic heterocycles. The van der Waals surface area contributed by atoms with Gasteiger partial charge >= 0.3 is 0 Å². The van der Waals surface area contributed by atoms with E-state index in [9.17, 15) is 14.9 Å². The number of halogens is 1. The lowest BCUT2D eigenvalue weighted by Gasteiger charge is -2.17. The van der Waals surface area contributed by atoms with Gasteiger partial charge in [0, 0.05) is 23.1 Å². The number of nitro groups is 1. The molecule has 0 heterocycles. The highest BCUT2D eigenvalue weighted by Crippen LogP contribution is 2.40. The minimum atomic E-state index is -0.491. The lowest BCUT2D eigenvalue weighted by molar-refractivity contribution is -0.384. The van der Waals surface area contributed by atoms with Gasteiger partial charge in [-0.25, -0.2) is 0 Å². The van der Waals surface area contributed by atoms with E-state index in [0.717, 1.165) is 18.4 Å². The van der Waals surface area contributed by atoms with E-state index in [4.69, 9.17) is 11.6 Å². The number of carbonyl (C=O) groups is 1. The number of hydrogen-bond acceptors (Lipinski definition) is 4. The van der Waals surface area contributed by atoms with E-state index < -0.39 is 10.2 Å². The number of nitro benzene ring substituents is 1. The SMILES string of the molecule is O=C(NC1CC1)[C@H](Sc1ccc([N+](=O)[O-])cc1Cl)c1ccccc1. The molecule has 0 saturated heterocycles. The monoisotopic (exact) mass is 362 g/mol. The van der Waals surface area contributed by atoms with Crippen LogP contribution in [0.3, 0.4) is 0 Å². The third kappa shape index (κ3) is 4.07. The van der Waals surface area contributed by atoms with Crippen molar-refractivity contribution in [1.29, 1.82) is 0 Å². The number of rotatable bonds is 6. The zero-order valence-corrected chi connectivity index (χ0v) is 14.2. The molecule has 0 spiro atoms. The Hall–Kier alpha value is -2.05. The highest BCUT2D eigenvalue weighted by Gasteiger charge is 2.29. The quantitative estimate of drug-likeness (QED) is 0.470. The van der Waals surface area contributed by atoms with Crippen molar-refractivity contribution in [1.82, 2.24) is 5.32 Å². The Morgan fingerprint density at radius 3 is 2.54 bits per heavy atom. The van der Waals surface area contributed by atoms with E-state index in [1.807, 2.05) is 30.3 Å². The first-order chi connectivity index (χ1) is 11.5. The predicted molar refractivity (Wildman–Crippen MR) is 94.3 cm³/mol. The first kappa shape index (κ1) is 16.8. The van der Waals surface area contributed by atoms with Gasteiger partial charge in [-0.3, -0.25) is 14.9 Å². The maximum atomic E-state index is 12.6. The van der Waals surface area contributed by atoms with E-state index in [-0.39, 0.29) is 22.7 Å². The van der Waals surface area contributed by atoms with E-state index in [1.165, 1.54) is 23.9 Å². The molecule has 1 N–H and O–H groups in total. The molecule has 24 heavy (non-hydrogen) atoms. The molecule has 0 bridgehead atoms. The molecular weight excluding hydrogens is 348 g/mol. The Kier molecular flexibility index (Phi) is 5.06. The molecule has 1 amide bonds. The third-order valence-corrected chi connectivity index (χ3v) is 5.39. The minimum absolute atomic E-state index is 0.0666. The molecule has 2 aromatic rings. The molecule has 0 radical (unpaired) electrons. The Bertz CT molecular complexity index is 766. The van der Waals surface area contributed by atoms with Gasteiger partial charge < -0.3 is 5.32 Å². The molecule has 7 heteroatoms. The number of amides is 1. The maximum Gasteiger partial charge on any atom is 0.270 e. The zero-order chi connectivity index (χ0) is 17.1. The van der Waals surface area contributed by atoms with Crippen molar-refractivity contribution in [2.75, 3.05) is 0 Å². The summed E-state index contributed by atoms with van der Waals surface area (Å²) in [5.74, 6) is -0.0666. The Balaban J connectivity index is 1.86. The molecule has 3 rings (SSSR count). The minimum Gasteiger partial charge on any atom is -0.352 e. The maximum absolute atomic E-state index is 12.6. The average molecular weight is 363 g/mol. The van der Waals surface area contributed by atoms with Gasteiger partial charge in [-0.2, -0.15) is 0 Å². The van der Waals surface area contributed by atoms with Crippen molar-refractivity contribution >= 4 is 35.0 Å². The van der Waals surface area contributed by atoms with Crippen molar-refractivity contribution in [2.45, 2.75) is 29.0 Å². The number of nitrogens with one attached hydrogen (secondary N) is 1. The molecular formula is C17H15ClN2O3S. The lowest BCUT2D eigenvalue weighted by Crippen LogP contribution is -2.29. The van der Waals surface area contributed by atoms with Crippen LogP contribution in [0.1, 0.15) is 23.7 Å². The molecule has 1 aliphatic carbocycles. The van der Waals surface area contributed by atoms with E-state index in [1.54, 1.807) is 6.07 Å². The fourth-order valence-corrected chi connectivity index (χ4v) is 3.58. The van der Waals surface area contributed by atoms with Crippen molar-refractivity contribution in [3.8, 4) is 0 Å². The second-order valence-electron chi connectivity index (χ2n) is 5.56. The van der Waals surface area contributed by atoms with Crippen molar-refractivity contribution in [2.24, 2.45) is 0 Å². The summed E-state index contributed by atoms with van der Waals surface area (Å²) in [6.07, 6.45) is 2.02. The summed E-state index contributed by atoms with van der Waals surface area (Å²) in [5.41, 5.74) is 0.804. The summed E-state index contributed by atoms with van der Waals surface area (Å²) in [6.45, 7) is 0. The van der Waals surface area contributed by atoms with Gasteiger partial charge in [-0.05, 0) is 24.5 Å². The Morgan fingerprint density at radius 2 is 1.96 bits per heavy atom. The van der Waals surface area contributed by atoms with E-state index in [0.29, 0.717) is 4.90 Å². The van der Waals surface area contributed by atoms with Gasteiger partial charge in [-0.15, -0.1) is 11.8 Å². The molecule has 0 aliphatic heterocycles. The van der Waals surface area contributed by atoms with Gasteiger partial charge in [0.1, 0.15) is 5.25 Å². The fourth-order valence-electron chi connectivity index (χ4n) is 2.23. The molecule has 2 aromatic carbocycles. The second-order valence-corrected chi connectivity index (χ2v) is 7.12. The number of thioether (sulfide) groups is 1. The molecule has 0 unspecified atom stereocenters. The molecule has 1 saturated carbocycles. The predicted octanol–water partition coefficient (Wildman–Crippen LogP) is 4.36. The summed E-state index contributed by atoms with van der Waals surface area (Å²) in [7, 11) is 0. The van der Waals surface area contributed by atoms with E-state index >= 15 is 0 Å². The summed E-state index contributed by atoms with van der Waals surface area (Å²) in [5, 5.41) is 13.7. The summed E-state index contributed by atoms with van der Waals surface area (Å²) < 4.78 is 0. The van der Waals surface area contributed by atoms with Crippen LogP contribution in [0.2, 0.25) is 5.02 Å². The normalized spacial score (nSPS) is 14.9. The largest absolute Gasteiger partial charge is 0.352 e. The van der Waals surface area contributed by atoms with Crippen LogP contribution < -0.4 is 5.32 Å². The fraction of sp³-hybridized carbons (Fsp3) is 0.235. The number of benzene rings is 2. The van der Waals surface area contributed by atoms with Crippen molar-refractivity contribution in [3.63, 3.8) is 0 Å². The van der Waals surface area contributed by atoms with Crippen LogP contribution in [0.15, 0.2) is 53.4 Å². The van der Waals surface area contributed by atoms with Gasteiger partial charge in [0.25, 0.3) is 5.69 Å². The van der Waals surface area contributed by atoms with Crippen LogP contribution in [0.25, 0.3) is 0 Å². The summed E-state index contributed by atoms with van der Waals surface area (Å²) >= 11 is 7.47. The third-order valence-electron chi connectivity index (χ3n) is 3.64. The van der Waals surface area contributed by atoms with Crippen molar-refractivity contribution in [3.05, 3.63) is 69.2 Å². The van der Waals surface area contributed by atoms with Crippen LogP contribution in [0, 0.1) is 10.1 Å². The van der Waals surface area contributed by atoms with Gasteiger partial charge in [0.05, 0.1) is 9.95 Å². The second kappa shape index (κ2) is 7.23. The van der Waals surface area contributed by atoms with Gasteiger partial charge in [-0.1, -0.05) is 41.9 Å². The molecule has 5 nitrogen and oxygen atoms in total. The molecule has 1 fully saturated rings. The average Bonchev–Trinajstić information content (AvgIpc) is 3.38. The Morgan fingerprint density at radius 1 is 1.25 bits per heavy atom. The highest BCUT2D eigenvalue weighted by molar-refractivity contribution is 8.00. The van der Waals surface area contributed by atoms with Crippen LogP contribution >= 0.6 is 23.4 Å². The number of nitrogens with zero attached hydrogens (tertiary/aromatic N) is 1. The zero-order valence-electron chi connectivity index (χ0n) is 12.6. The topological polar surface area (TPSA) is 72.2 Å². The molecule has 1 aliphatic rings. The Labute approximate surface area is 148 Å². The van der Waals surface area contributed by atoms with Crippen LogP contribution in [-0.2, 0) is 4.79 Å². The van der Waals surface area contributed by atoms with Crippen LogP contribution in [0.5, 0.6) is 0 Å².